The number of nitrogens with two attached hydrogens (primary N) is 1. The molecule has 3 fully saturated rings. The number of ketones is 1. The smallest absolute Gasteiger partial charge is 0.415 e. The summed E-state index contributed by atoms with van der Waals surface area (Å²) in [6.45, 7) is 3.55. The molecular weight excluding hydrogens is 462 g/mol. The van der Waals surface area contributed by atoms with Crippen LogP contribution < -0.4 is 15.2 Å². The topological polar surface area (TPSA) is 115 Å². The Balaban J connectivity index is 1.36. The van der Waals surface area contributed by atoms with Crippen LogP contribution in [0.1, 0.15) is 49.7 Å². The summed E-state index contributed by atoms with van der Waals surface area (Å²) < 4.78 is 17.4. The minimum absolute atomic E-state index is 0.0278. The van der Waals surface area contributed by atoms with Crippen molar-refractivity contribution >= 4 is 11.9 Å². The second-order valence-corrected chi connectivity index (χ2v) is 11.2. The number of hydrogen-bond donors (Lipinski definition) is 2. The normalized spacial score (nSPS) is 32.1. The zero-order valence-corrected chi connectivity index (χ0v) is 21.0. The first kappa shape index (κ1) is 24.2. The Labute approximate surface area is 211 Å². The third-order valence-corrected chi connectivity index (χ3v) is 9.20. The maximum Gasteiger partial charge on any atom is 0.415 e. The Morgan fingerprint density at radius 1 is 1.31 bits per heavy atom. The average Bonchev–Trinajstić information content (AvgIpc) is 3.61. The number of aliphatic hydroxyl groups is 1. The van der Waals surface area contributed by atoms with Crippen molar-refractivity contribution in [3.63, 3.8) is 0 Å². The van der Waals surface area contributed by atoms with Crippen LogP contribution in [0.4, 0.5) is 4.79 Å². The Kier molecular flexibility index (Phi) is 6.02. The number of carbonyl (C=O) groups is 2. The van der Waals surface area contributed by atoms with E-state index in [2.05, 4.69) is 4.90 Å². The largest absolute Gasteiger partial charge is 0.477 e. The molecule has 196 valence electrons. The van der Waals surface area contributed by atoms with Crippen LogP contribution in [0.15, 0.2) is 12.1 Å². The van der Waals surface area contributed by atoms with Crippen molar-refractivity contribution in [3.05, 3.63) is 23.3 Å². The van der Waals surface area contributed by atoms with Crippen LogP contribution in [-0.2, 0) is 21.4 Å². The summed E-state index contributed by atoms with van der Waals surface area (Å²) in [6, 6.07) is 3.76. The van der Waals surface area contributed by atoms with Gasteiger partial charge >= 0.3 is 6.09 Å². The van der Waals surface area contributed by atoms with Gasteiger partial charge in [0.25, 0.3) is 0 Å². The average molecular weight is 500 g/mol. The molecule has 0 radical (unpaired) electrons. The van der Waals surface area contributed by atoms with Gasteiger partial charge in [-0.1, -0.05) is 6.07 Å². The van der Waals surface area contributed by atoms with Crippen molar-refractivity contribution in [1.29, 1.82) is 0 Å². The van der Waals surface area contributed by atoms with Crippen molar-refractivity contribution < 1.29 is 28.9 Å². The van der Waals surface area contributed by atoms with Gasteiger partial charge in [-0.2, -0.15) is 0 Å². The first-order valence-corrected chi connectivity index (χ1v) is 13.4. The van der Waals surface area contributed by atoms with Crippen LogP contribution >= 0.6 is 0 Å². The molecular formula is C27H37N3O6. The van der Waals surface area contributed by atoms with Gasteiger partial charge in [-0.05, 0) is 69.2 Å². The quantitative estimate of drug-likeness (QED) is 0.527. The number of nitrogens with zero attached hydrogens (tertiary/aromatic N) is 2. The molecule has 2 aliphatic heterocycles. The lowest BCUT2D eigenvalue weighted by atomic mass is 9.49. The van der Waals surface area contributed by atoms with Crippen LogP contribution in [0.3, 0.4) is 0 Å². The predicted octanol–water partition coefficient (Wildman–Crippen LogP) is 1.62. The maximum absolute atomic E-state index is 13.2. The van der Waals surface area contributed by atoms with Crippen LogP contribution in [0.2, 0.25) is 0 Å². The molecule has 9 heteroatoms. The third-order valence-electron chi connectivity index (χ3n) is 9.20. The molecule has 1 aromatic carbocycles. The molecule has 1 spiro atoms. The van der Waals surface area contributed by atoms with Gasteiger partial charge in [0.1, 0.15) is 0 Å². The number of ether oxygens (including phenoxy) is 3. The summed E-state index contributed by atoms with van der Waals surface area (Å²) in [5.74, 6) is 1.52. The third kappa shape index (κ3) is 3.50. The Bertz CT molecular complexity index is 1050. The molecule has 3 N–H and O–H groups in total. The van der Waals surface area contributed by atoms with Gasteiger partial charge in [-0.15, -0.1) is 0 Å². The second kappa shape index (κ2) is 8.97. The first-order valence-electron chi connectivity index (χ1n) is 13.4. The fourth-order valence-corrected chi connectivity index (χ4v) is 7.27. The van der Waals surface area contributed by atoms with Crippen molar-refractivity contribution in [3.8, 4) is 11.5 Å². The van der Waals surface area contributed by atoms with E-state index in [4.69, 9.17) is 19.9 Å². The number of Topliss-reactive ketones (excluding diaryl/α,β-unsaturated/α-hetero) is 1. The van der Waals surface area contributed by atoms with E-state index in [1.165, 1.54) is 12.8 Å². The first-order chi connectivity index (χ1) is 17.4. The number of methoxy groups -OCH3 is 1. The van der Waals surface area contributed by atoms with Gasteiger partial charge in [0.15, 0.2) is 23.4 Å². The molecule has 1 aromatic rings. The fraction of sp³-hybridized carbons (Fsp3) is 0.704. The molecule has 2 heterocycles. The number of amides is 1. The van der Waals surface area contributed by atoms with Crippen LogP contribution in [0.5, 0.6) is 11.5 Å². The molecule has 2 saturated carbocycles. The molecule has 2 bridgehead atoms. The maximum atomic E-state index is 13.2. The lowest BCUT2D eigenvalue weighted by molar-refractivity contribution is -0.188. The van der Waals surface area contributed by atoms with E-state index < -0.39 is 23.2 Å². The van der Waals surface area contributed by atoms with Crippen LogP contribution in [0.25, 0.3) is 0 Å². The summed E-state index contributed by atoms with van der Waals surface area (Å²) in [6.07, 6.45) is 4.07. The van der Waals surface area contributed by atoms with Crippen LogP contribution in [0, 0.1) is 5.92 Å². The Morgan fingerprint density at radius 2 is 2.14 bits per heavy atom. The zero-order valence-electron chi connectivity index (χ0n) is 21.0. The number of likely N-dealkylation sites (tertiary alicyclic amines) is 1. The van der Waals surface area contributed by atoms with Gasteiger partial charge in [-0.25, -0.2) is 4.79 Å². The Hall–Kier alpha value is -2.20. The van der Waals surface area contributed by atoms with E-state index in [0.29, 0.717) is 69.8 Å². The lowest BCUT2D eigenvalue weighted by Crippen LogP contribution is -2.76. The minimum atomic E-state index is -1.04. The molecule has 4 atom stereocenters. The number of hydrogen-bond acceptors (Lipinski definition) is 8. The van der Waals surface area contributed by atoms with E-state index in [9.17, 15) is 14.7 Å². The highest BCUT2D eigenvalue weighted by Crippen LogP contribution is 2.65. The molecule has 36 heavy (non-hydrogen) atoms. The standard InChI is InChI=1S/C27H37N3O6/c1-34-14-13-29(11-2-10-28)25(32)35-20-6-5-18-15-21-27(33)8-7-19(31)24-26(27,22(18)23(20)36-24)9-12-30(21)16-17-3-4-17/h5-6,17,21,24,33H,2-4,7-16,28H2,1H3/t21-,24+,26+,27-/m1/s1. The molecule has 0 unspecified atom stereocenters. The van der Waals surface area contributed by atoms with Crippen LogP contribution in [-0.4, -0.2) is 91.0 Å². The minimum Gasteiger partial charge on any atom is -0.477 e. The monoisotopic (exact) mass is 499 g/mol. The predicted molar refractivity (Wildman–Crippen MR) is 131 cm³/mol. The number of benzene rings is 1. The summed E-state index contributed by atoms with van der Waals surface area (Å²) in [5, 5.41) is 12.4. The van der Waals surface area contributed by atoms with E-state index >= 15 is 0 Å². The molecule has 1 amide bonds. The molecule has 5 aliphatic rings. The van der Waals surface area contributed by atoms with Gasteiger partial charge in [0.05, 0.1) is 17.6 Å². The summed E-state index contributed by atoms with van der Waals surface area (Å²) in [4.78, 5) is 30.4. The van der Waals surface area contributed by atoms with Crippen molar-refractivity contribution in [2.24, 2.45) is 11.7 Å². The van der Waals surface area contributed by atoms with E-state index in [1.54, 1.807) is 18.1 Å². The Morgan fingerprint density at radius 3 is 2.89 bits per heavy atom. The highest BCUT2D eigenvalue weighted by Gasteiger charge is 2.73. The van der Waals surface area contributed by atoms with Gasteiger partial charge in [0, 0.05) is 44.8 Å². The van der Waals surface area contributed by atoms with Crippen molar-refractivity contribution in [2.75, 3.05) is 46.4 Å². The van der Waals surface area contributed by atoms with Gasteiger partial charge < -0.3 is 30.0 Å². The van der Waals surface area contributed by atoms with E-state index in [1.807, 2.05) is 6.07 Å². The molecule has 1 saturated heterocycles. The SMILES string of the molecule is COCCN(CCCN)C(=O)Oc1ccc2c3c1O[C@H]1C(=O)CC[C@@]4(O)[C@@H](C2)N(CC2CC2)CC[C@]314. The summed E-state index contributed by atoms with van der Waals surface area (Å²) >= 11 is 0. The number of carbonyl (C=O) groups excluding carboxylic acids is 2. The van der Waals surface area contributed by atoms with Crippen molar-refractivity contribution in [1.82, 2.24) is 9.80 Å². The lowest BCUT2D eigenvalue weighted by Gasteiger charge is -2.62. The number of rotatable bonds is 9. The zero-order chi connectivity index (χ0) is 25.1. The van der Waals surface area contributed by atoms with Crippen molar-refractivity contribution in [2.45, 2.75) is 68.1 Å². The molecule has 3 aliphatic carbocycles. The summed E-state index contributed by atoms with van der Waals surface area (Å²) in [5.41, 5.74) is 5.82. The molecule has 9 nitrogen and oxygen atoms in total. The fourth-order valence-electron chi connectivity index (χ4n) is 7.27. The van der Waals surface area contributed by atoms with E-state index in [0.717, 1.165) is 30.1 Å². The molecule has 6 rings (SSSR count). The van der Waals surface area contributed by atoms with Gasteiger partial charge in [-0.3, -0.25) is 9.69 Å². The second-order valence-electron chi connectivity index (χ2n) is 11.2. The highest BCUT2D eigenvalue weighted by atomic mass is 16.6. The highest BCUT2D eigenvalue weighted by molar-refractivity contribution is 5.90. The summed E-state index contributed by atoms with van der Waals surface area (Å²) in [7, 11) is 1.59. The van der Waals surface area contributed by atoms with Gasteiger partial charge in [0.2, 0.25) is 0 Å². The number of piperidine rings is 1. The molecule has 0 aromatic heterocycles. The van der Waals surface area contributed by atoms with E-state index in [-0.39, 0.29) is 11.8 Å².